The van der Waals surface area contributed by atoms with Crippen LogP contribution in [-0.4, -0.2) is 28.8 Å². The first-order valence-electron chi connectivity index (χ1n) is 6.24. The molecule has 106 valence electrons. The number of nitrogens with zero attached hydrogens (tertiary/aromatic N) is 1. The van der Waals surface area contributed by atoms with Gasteiger partial charge in [-0.05, 0) is 34.8 Å². The molecule has 7 heteroatoms. The Labute approximate surface area is 122 Å². The Morgan fingerprint density at radius 1 is 1.25 bits per heavy atom. The summed E-state index contributed by atoms with van der Waals surface area (Å²) in [5.41, 5.74) is -0.00445. The Morgan fingerprint density at radius 3 is 2.55 bits per heavy atom. The van der Waals surface area contributed by atoms with Gasteiger partial charge in [0.05, 0.1) is 12.1 Å². The Bertz CT molecular complexity index is 581. The van der Waals surface area contributed by atoms with Gasteiger partial charge in [-0.25, -0.2) is 8.78 Å². The first-order chi connectivity index (χ1) is 9.47. The fraction of sp³-hybridized carbons (Fsp3) is 0.385. The van der Waals surface area contributed by atoms with Crippen LogP contribution in [0.15, 0.2) is 16.6 Å². The topological polar surface area (TPSA) is 49.4 Å². The zero-order valence-electron chi connectivity index (χ0n) is 10.3. The molecular formula is C13H11BrF2N2O2. The van der Waals surface area contributed by atoms with Crippen LogP contribution < -0.4 is 5.32 Å². The van der Waals surface area contributed by atoms with Gasteiger partial charge in [0.2, 0.25) is 5.91 Å². The number of hydrogen-bond donors (Lipinski definition) is 1. The summed E-state index contributed by atoms with van der Waals surface area (Å²) in [5, 5.41) is 2.70. The molecule has 0 aromatic heterocycles. The van der Waals surface area contributed by atoms with Gasteiger partial charge < -0.3 is 5.32 Å². The fourth-order valence-corrected chi connectivity index (χ4v) is 2.86. The molecule has 1 atom stereocenters. The van der Waals surface area contributed by atoms with E-state index in [4.69, 9.17) is 0 Å². The molecular weight excluding hydrogens is 334 g/mol. The van der Waals surface area contributed by atoms with Gasteiger partial charge in [0.15, 0.2) is 0 Å². The van der Waals surface area contributed by atoms with Crippen molar-refractivity contribution in [2.75, 3.05) is 5.32 Å². The lowest BCUT2D eigenvalue weighted by Gasteiger charge is -2.16. The molecule has 2 fully saturated rings. The normalized spacial score (nSPS) is 22.6. The maximum atomic E-state index is 13.7. The van der Waals surface area contributed by atoms with Crippen LogP contribution in [-0.2, 0) is 9.59 Å². The maximum Gasteiger partial charge on any atom is 0.252 e. The van der Waals surface area contributed by atoms with Crippen molar-refractivity contribution in [3.8, 4) is 0 Å². The molecule has 1 unspecified atom stereocenters. The highest BCUT2D eigenvalue weighted by Gasteiger charge is 2.46. The second kappa shape index (κ2) is 4.80. The Hall–Kier alpha value is -1.50. The van der Waals surface area contributed by atoms with E-state index in [1.807, 2.05) is 0 Å². The van der Waals surface area contributed by atoms with E-state index in [-0.39, 0.29) is 34.4 Å². The van der Waals surface area contributed by atoms with E-state index in [0.29, 0.717) is 0 Å². The summed E-state index contributed by atoms with van der Waals surface area (Å²) < 4.78 is 26.9. The minimum atomic E-state index is -0.804. The van der Waals surface area contributed by atoms with E-state index in [1.54, 1.807) is 0 Å². The summed E-state index contributed by atoms with van der Waals surface area (Å²) in [6.45, 7) is 0. The molecule has 1 aromatic rings. The van der Waals surface area contributed by atoms with E-state index in [0.717, 1.165) is 25.0 Å². The third-order valence-corrected chi connectivity index (χ3v) is 4.05. The number of nitrogens with one attached hydrogen (secondary N) is 1. The lowest BCUT2D eigenvalue weighted by molar-refractivity contribution is -0.139. The number of carbonyl (C=O) groups excluding carboxylic acids is 2. The molecule has 20 heavy (non-hydrogen) atoms. The summed E-state index contributed by atoms with van der Waals surface area (Å²) in [6, 6.07) is 1.04. The third-order valence-electron chi connectivity index (χ3n) is 3.42. The molecule has 0 radical (unpaired) electrons. The predicted molar refractivity (Wildman–Crippen MR) is 71.0 cm³/mol. The zero-order valence-corrected chi connectivity index (χ0v) is 11.9. The number of benzene rings is 1. The third kappa shape index (κ3) is 2.30. The van der Waals surface area contributed by atoms with Crippen molar-refractivity contribution in [1.82, 2.24) is 4.90 Å². The SMILES string of the molecule is O=C1CC(Nc2c(F)cc(F)cc2Br)C(=O)N1C1CC1. The molecule has 1 aliphatic heterocycles. The molecule has 4 nitrogen and oxygen atoms in total. The average Bonchev–Trinajstić information content (AvgIpc) is 3.12. The van der Waals surface area contributed by atoms with Gasteiger partial charge in [-0.2, -0.15) is 0 Å². The molecule has 0 spiro atoms. The van der Waals surface area contributed by atoms with Gasteiger partial charge in [0.25, 0.3) is 5.91 Å². The van der Waals surface area contributed by atoms with Crippen molar-refractivity contribution in [2.45, 2.75) is 31.3 Å². The average molecular weight is 345 g/mol. The molecule has 1 aromatic carbocycles. The lowest BCUT2D eigenvalue weighted by Crippen LogP contribution is -2.36. The second-order valence-corrected chi connectivity index (χ2v) is 5.83. The largest absolute Gasteiger partial charge is 0.370 e. The second-order valence-electron chi connectivity index (χ2n) is 4.98. The number of hydrogen-bond acceptors (Lipinski definition) is 3. The van der Waals surface area contributed by atoms with Crippen LogP contribution in [0.25, 0.3) is 0 Å². The van der Waals surface area contributed by atoms with E-state index in [9.17, 15) is 18.4 Å². The molecule has 0 bridgehead atoms. The molecule has 1 N–H and O–H groups in total. The number of likely N-dealkylation sites (tertiary alicyclic amines) is 1. The van der Waals surface area contributed by atoms with Gasteiger partial charge in [-0.1, -0.05) is 0 Å². The Balaban J connectivity index is 1.82. The summed E-state index contributed by atoms with van der Waals surface area (Å²) in [7, 11) is 0. The highest BCUT2D eigenvalue weighted by atomic mass is 79.9. The first-order valence-corrected chi connectivity index (χ1v) is 7.03. The monoisotopic (exact) mass is 344 g/mol. The molecule has 1 saturated heterocycles. The minimum absolute atomic E-state index is 0.00140. The quantitative estimate of drug-likeness (QED) is 0.856. The zero-order chi connectivity index (χ0) is 14.4. The van der Waals surface area contributed by atoms with Gasteiger partial charge in [-0.3, -0.25) is 14.5 Å². The van der Waals surface area contributed by atoms with Crippen molar-refractivity contribution < 1.29 is 18.4 Å². The van der Waals surface area contributed by atoms with Crippen LogP contribution in [0.3, 0.4) is 0 Å². The number of carbonyl (C=O) groups is 2. The van der Waals surface area contributed by atoms with Crippen molar-refractivity contribution >= 4 is 33.4 Å². The van der Waals surface area contributed by atoms with Crippen LogP contribution in [0.4, 0.5) is 14.5 Å². The standard InChI is InChI=1S/C13H11BrF2N2O2/c14-8-3-6(15)4-9(16)12(8)17-10-5-11(19)18(13(10)20)7-1-2-7/h3-4,7,10,17H,1-2,5H2. The number of amides is 2. The van der Waals surface area contributed by atoms with Gasteiger partial charge in [0.1, 0.15) is 17.7 Å². The Kier molecular flexibility index (Phi) is 3.24. The lowest BCUT2D eigenvalue weighted by atomic mass is 10.2. The molecule has 2 aliphatic rings. The van der Waals surface area contributed by atoms with Crippen molar-refractivity contribution in [3.63, 3.8) is 0 Å². The van der Waals surface area contributed by atoms with Crippen LogP contribution in [0.1, 0.15) is 19.3 Å². The molecule has 1 saturated carbocycles. The number of anilines is 1. The predicted octanol–water partition coefficient (Wildman–Crippen LogP) is 2.43. The van der Waals surface area contributed by atoms with E-state index in [2.05, 4.69) is 21.2 Å². The minimum Gasteiger partial charge on any atom is -0.370 e. The smallest absolute Gasteiger partial charge is 0.252 e. The number of halogens is 3. The number of imide groups is 1. The van der Waals surface area contributed by atoms with Crippen molar-refractivity contribution in [1.29, 1.82) is 0 Å². The summed E-state index contributed by atoms with van der Waals surface area (Å²) >= 11 is 3.04. The first kappa shape index (κ1) is 13.5. The summed E-state index contributed by atoms with van der Waals surface area (Å²) in [6.07, 6.45) is 1.66. The van der Waals surface area contributed by atoms with E-state index < -0.39 is 17.7 Å². The van der Waals surface area contributed by atoms with E-state index >= 15 is 0 Å². The van der Waals surface area contributed by atoms with Crippen LogP contribution >= 0.6 is 15.9 Å². The summed E-state index contributed by atoms with van der Waals surface area (Å²) in [4.78, 5) is 25.2. The van der Waals surface area contributed by atoms with E-state index in [1.165, 1.54) is 4.90 Å². The molecule has 1 heterocycles. The van der Waals surface area contributed by atoms with Gasteiger partial charge in [0, 0.05) is 16.6 Å². The molecule has 2 amide bonds. The van der Waals surface area contributed by atoms with Crippen LogP contribution in [0, 0.1) is 11.6 Å². The number of rotatable bonds is 3. The van der Waals surface area contributed by atoms with Gasteiger partial charge in [-0.15, -0.1) is 0 Å². The highest BCUT2D eigenvalue weighted by molar-refractivity contribution is 9.10. The van der Waals surface area contributed by atoms with Crippen molar-refractivity contribution in [3.05, 3.63) is 28.2 Å². The van der Waals surface area contributed by atoms with Crippen LogP contribution in [0.2, 0.25) is 0 Å². The molecule has 1 aliphatic carbocycles. The molecule has 3 rings (SSSR count). The van der Waals surface area contributed by atoms with Crippen LogP contribution in [0.5, 0.6) is 0 Å². The van der Waals surface area contributed by atoms with Crippen molar-refractivity contribution in [2.24, 2.45) is 0 Å². The highest BCUT2D eigenvalue weighted by Crippen LogP contribution is 2.34. The Morgan fingerprint density at radius 2 is 1.95 bits per heavy atom. The summed E-state index contributed by atoms with van der Waals surface area (Å²) in [5.74, 6) is -2.10. The fourth-order valence-electron chi connectivity index (χ4n) is 2.33. The van der Waals surface area contributed by atoms with Gasteiger partial charge >= 0.3 is 0 Å². The maximum absolute atomic E-state index is 13.7.